The lowest BCUT2D eigenvalue weighted by atomic mass is 9.94. The first kappa shape index (κ1) is 16.5. The predicted molar refractivity (Wildman–Crippen MR) is 90.6 cm³/mol. The minimum atomic E-state index is -0.0995. The molecule has 1 heteroatoms. The van der Waals surface area contributed by atoms with E-state index < -0.39 is 0 Å². The summed E-state index contributed by atoms with van der Waals surface area (Å²) in [5.41, 5.74) is 2.91. The van der Waals surface area contributed by atoms with Gasteiger partial charge in [0.1, 0.15) is 0 Å². The van der Waals surface area contributed by atoms with Crippen LogP contribution in [0.2, 0.25) is 0 Å². The summed E-state index contributed by atoms with van der Waals surface area (Å²) in [4.78, 5) is 0. The Morgan fingerprint density at radius 2 is 1.43 bits per heavy atom. The van der Waals surface area contributed by atoms with Gasteiger partial charge in [0, 0.05) is 0 Å². The Hall–Kier alpha value is -0.820. The van der Waals surface area contributed by atoms with Gasteiger partial charge in [0.05, 0.1) is 6.10 Å². The molecule has 0 saturated heterocycles. The third kappa shape index (κ3) is 5.47. The Morgan fingerprint density at radius 3 is 2.00 bits per heavy atom. The summed E-state index contributed by atoms with van der Waals surface area (Å²) in [7, 11) is 0. The van der Waals surface area contributed by atoms with E-state index >= 15 is 0 Å². The van der Waals surface area contributed by atoms with Crippen LogP contribution in [0.3, 0.4) is 0 Å². The molecule has 2 rings (SSSR count). The van der Waals surface area contributed by atoms with Gasteiger partial charge >= 0.3 is 0 Å². The van der Waals surface area contributed by atoms with Crippen LogP contribution >= 0.6 is 0 Å². The first-order valence-corrected chi connectivity index (χ1v) is 9.06. The molecule has 0 bridgehead atoms. The highest BCUT2D eigenvalue weighted by Crippen LogP contribution is 2.30. The van der Waals surface area contributed by atoms with Gasteiger partial charge < -0.3 is 5.11 Å². The van der Waals surface area contributed by atoms with Gasteiger partial charge in [-0.15, -0.1) is 0 Å². The maximum atomic E-state index is 10.4. The molecule has 1 aromatic carbocycles. The van der Waals surface area contributed by atoms with Crippen molar-refractivity contribution in [2.75, 3.05) is 0 Å². The van der Waals surface area contributed by atoms with Gasteiger partial charge in [-0.1, -0.05) is 82.6 Å². The third-order valence-corrected chi connectivity index (χ3v) is 4.98. The average Bonchev–Trinajstić information content (AvgIpc) is 2.94. The van der Waals surface area contributed by atoms with E-state index in [-0.39, 0.29) is 6.10 Å². The normalized spacial score (nSPS) is 16.1. The molecule has 1 N–H and O–H groups in total. The standard InChI is InChI=1S/C20H32O/c1-2-3-4-5-6-7-8-9-14-20(21)19-15-17-12-10-11-13-18(17)16-19/h10-13,19-21H,2-9,14-16H2,1H3. The molecule has 0 fully saturated rings. The Balaban J connectivity index is 1.54. The van der Waals surface area contributed by atoms with E-state index in [1.165, 1.54) is 62.5 Å². The van der Waals surface area contributed by atoms with E-state index in [4.69, 9.17) is 0 Å². The monoisotopic (exact) mass is 288 g/mol. The Bertz CT molecular complexity index is 374. The number of aliphatic hydroxyl groups is 1. The highest BCUT2D eigenvalue weighted by molar-refractivity contribution is 5.32. The van der Waals surface area contributed by atoms with Gasteiger partial charge in [0.25, 0.3) is 0 Å². The lowest BCUT2D eigenvalue weighted by molar-refractivity contribution is 0.101. The van der Waals surface area contributed by atoms with Gasteiger partial charge in [0.15, 0.2) is 0 Å². The summed E-state index contributed by atoms with van der Waals surface area (Å²) in [5.74, 6) is 0.465. The third-order valence-electron chi connectivity index (χ3n) is 4.98. The minimum Gasteiger partial charge on any atom is -0.393 e. The quantitative estimate of drug-likeness (QED) is 0.580. The van der Waals surface area contributed by atoms with Gasteiger partial charge in [-0.05, 0) is 36.3 Å². The summed E-state index contributed by atoms with van der Waals surface area (Å²) < 4.78 is 0. The molecular formula is C20H32O. The molecular weight excluding hydrogens is 256 g/mol. The van der Waals surface area contributed by atoms with Crippen molar-refractivity contribution in [1.29, 1.82) is 0 Å². The van der Waals surface area contributed by atoms with Gasteiger partial charge in [-0.2, -0.15) is 0 Å². The van der Waals surface area contributed by atoms with E-state index in [1.807, 2.05) is 0 Å². The highest BCUT2D eigenvalue weighted by Gasteiger charge is 2.26. The van der Waals surface area contributed by atoms with Crippen molar-refractivity contribution in [2.45, 2.75) is 83.7 Å². The van der Waals surface area contributed by atoms with Crippen LogP contribution in [0.25, 0.3) is 0 Å². The fourth-order valence-corrected chi connectivity index (χ4v) is 3.59. The molecule has 1 nitrogen and oxygen atoms in total. The van der Waals surface area contributed by atoms with Crippen LogP contribution in [0.5, 0.6) is 0 Å². The molecule has 1 aliphatic carbocycles. The highest BCUT2D eigenvalue weighted by atomic mass is 16.3. The van der Waals surface area contributed by atoms with Crippen LogP contribution in [0, 0.1) is 5.92 Å². The molecule has 0 amide bonds. The van der Waals surface area contributed by atoms with Crippen molar-refractivity contribution >= 4 is 0 Å². The summed E-state index contributed by atoms with van der Waals surface area (Å²) >= 11 is 0. The second-order valence-corrected chi connectivity index (χ2v) is 6.77. The maximum absolute atomic E-state index is 10.4. The van der Waals surface area contributed by atoms with Gasteiger partial charge in [-0.3, -0.25) is 0 Å². The van der Waals surface area contributed by atoms with E-state index in [9.17, 15) is 5.11 Å². The summed E-state index contributed by atoms with van der Waals surface area (Å²) in [6.07, 6.45) is 13.8. The SMILES string of the molecule is CCCCCCCCCCC(O)C1Cc2ccccc2C1. The smallest absolute Gasteiger partial charge is 0.0574 e. The van der Waals surface area contributed by atoms with Crippen molar-refractivity contribution in [3.05, 3.63) is 35.4 Å². The molecule has 0 radical (unpaired) electrons. The van der Waals surface area contributed by atoms with Crippen molar-refractivity contribution in [3.63, 3.8) is 0 Å². The first-order chi connectivity index (χ1) is 10.3. The zero-order valence-corrected chi connectivity index (χ0v) is 13.7. The Kier molecular flexibility index (Phi) is 7.29. The summed E-state index contributed by atoms with van der Waals surface area (Å²) in [6, 6.07) is 8.68. The second kappa shape index (κ2) is 9.25. The zero-order chi connectivity index (χ0) is 14.9. The first-order valence-electron chi connectivity index (χ1n) is 9.06. The number of aliphatic hydroxyl groups excluding tert-OH is 1. The number of hydrogen-bond acceptors (Lipinski definition) is 1. The molecule has 0 aliphatic heterocycles. The van der Waals surface area contributed by atoms with Crippen molar-refractivity contribution < 1.29 is 5.11 Å². The van der Waals surface area contributed by atoms with Crippen molar-refractivity contribution in [2.24, 2.45) is 5.92 Å². The van der Waals surface area contributed by atoms with Gasteiger partial charge in [0.2, 0.25) is 0 Å². The van der Waals surface area contributed by atoms with Crippen molar-refractivity contribution in [1.82, 2.24) is 0 Å². The molecule has 21 heavy (non-hydrogen) atoms. The lowest BCUT2D eigenvalue weighted by Gasteiger charge is -2.17. The lowest BCUT2D eigenvalue weighted by Crippen LogP contribution is -2.20. The molecule has 0 spiro atoms. The second-order valence-electron chi connectivity index (χ2n) is 6.77. The van der Waals surface area contributed by atoms with E-state index in [2.05, 4.69) is 31.2 Å². The molecule has 1 aliphatic rings. The molecule has 1 unspecified atom stereocenters. The number of benzene rings is 1. The number of hydrogen-bond donors (Lipinski definition) is 1. The number of fused-ring (bicyclic) bond motifs is 1. The molecule has 0 heterocycles. The molecule has 1 atom stereocenters. The fourth-order valence-electron chi connectivity index (χ4n) is 3.59. The molecule has 0 saturated carbocycles. The fraction of sp³-hybridized carbons (Fsp3) is 0.700. The number of unbranched alkanes of at least 4 members (excludes halogenated alkanes) is 7. The van der Waals surface area contributed by atoms with Crippen LogP contribution in [-0.4, -0.2) is 11.2 Å². The number of rotatable bonds is 10. The Labute approximate surface area is 130 Å². The predicted octanol–water partition coefficient (Wildman–Crippen LogP) is 5.29. The van der Waals surface area contributed by atoms with E-state index in [0.29, 0.717) is 5.92 Å². The van der Waals surface area contributed by atoms with Crippen LogP contribution in [0.1, 0.15) is 75.8 Å². The van der Waals surface area contributed by atoms with Crippen LogP contribution in [0.15, 0.2) is 24.3 Å². The van der Waals surface area contributed by atoms with E-state index in [1.54, 1.807) is 0 Å². The maximum Gasteiger partial charge on any atom is 0.0574 e. The molecule has 118 valence electrons. The van der Waals surface area contributed by atoms with Crippen molar-refractivity contribution in [3.8, 4) is 0 Å². The topological polar surface area (TPSA) is 20.2 Å². The summed E-state index contributed by atoms with van der Waals surface area (Å²) in [5, 5.41) is 10.4. The average molecular weight is 288 g/mol. The van der Waals surface area contributed by atoms with Crippen LogP contribution in [0.4, 0.5) is 0 Å². The van der Waals surface area contributed by atoms with Gasteiger partial charge in [-0.25, -0.2) is 0 Å². The Morgan fingerprint density at radius 1 is 0.905 bits per heavy atom. The van der Waals surface area contributed by atoms with Crippen LogP contribution in [-0.2, 0) is 12.8 Å². The van der Waals surface area contributed by atoms with Crippen LogP contribution < -0.4 is 0 Å². The molecule has 1 aromatic rings. The van der Waals surface area contributed by atoms with E-state index in [0.717, 1.165) is 19.3 Å². The summed E-state index contributed by atoms with van der Waals surface area (Å²) in [6.45, 7) is 2.27. The molecule has 0 aromatic heterocycles. The zero-order valence-electron chi connectivity index (χ0n) is 13.7. The largest absolute Gasteiger partial charge is 0.393 e. The minimum absolute atomic E-state index is 0.0995.